The zero-order chi connectivity index (χ0) is 63.1. The van der Waals surface area contributed by atoms with Gasteiger partial charge >= 0.3 is 0 Å². The predicted octanol–water partition coefficient (Wildman–Crippen LogP) is 26.3. The quantitative estimate of drug-likeness (QED) is 0.0667. The molecule has 0 bridgehead atoms. The zero-order valence-electron chi connectivity index (χ0n) is 55.6. The molecule has 4 heteroatoms. The summed E-state index contributed by atoms with van der Waals surface area (Å²) >= 11 is 8.11. The molecule has 11 aromatic rings. The average molecular weight is 1270 g/mol. The molecule has 15 rings (SSSR count). The molecule has 4 heterocycles. The number of hydrogen-bond acceptors (Lipinski definition) is 4. The van der Waals surface area contributed by atoms with Gasteiger partial charge in [-0.2, -0.15) is 0 Å². The topological polar surface area (TPSA) is 0 Å². The molecule has 464 valence electrons. The van der Waals surface area contributed by atoms with Crippen LogP contribution in [0.3, 0.4) is 0 Å². The lowest BCUT2D eigenvalue weighted by Gasteiger charge is -2.36. The first-order chi connectivity index (χ1) is 44.7. The van der Waals surface area contributed by atoms with E-state index in [1.165, 1.54) is 233 Å². The SMILES string of the molecule is CCCCCCc1ccc(C2(c3ccccc3)c3cc4c(cc3-c3sc(-c5cc6c(s5)/C(=C5\c7ccccc7-c7cc(C(C)(C)C)sc75)c5ccccc5-6)cc32)C(c2ccc(CCCCCC)cc2)(c2ccc(CCCCCC)cc2)c2cc(C(C)(C)C)sc2-4)cc1. The van der Waals surface area contributed by atoms with Crippen molar-refractivity contribution < 1.29 is 0 Å². The van der Waals surface area contributed by atoms with Gasteiger partial charge in [0.15, 0.2) is 0 Å². The number of hydrogen-bond donors (Lipinski definition) is 0. The van der Waals surface area contributed by atoms with Crippen LogP contribution in [0.1, 0.15) is 231 Å². The van der Waals surface area contributed by atoms with E-state index >= 15 is 0 Å². The molecule has 0 saturated carbocycles. The summed E-state index contributed by atoms with van der Waals surface area (Å²) in [5.41, 5.74) is 28.0. The molecule has 7 aromatic carbocycles. The van der Waals surface area contributed by atoms with Gasteiger partial charge in [0.2, 0.25) is 0 Å². The van der Waals surface area contributed by atoms with Crippen LogP contribution in [0.4, 0.5) is 0 Å². The molecule has 0 spiro atoms. The average Bonchev–Trinajstić information content (AvgIpc) is 1.50. The largest absolute Gasteiger partial charge is 0.139 e. The second kappa shape index (κ2) is 24.4. The number of thiophene rings is 4. The summed E-state index contributed by atoms with van der Waals surface area (Å²) in [6.07, 6.45) is 18.5. The Morgan fingerprint density at radius 3 is 1.10 bits per heavy atom. The normalized spacial score (nSPS) is 16.3. The summed E-state index contributed by atoms with van der Waals surface area (Å²) in [7, 11) is 0. The fourth-order valence-corrected chi connectivity index (χ4v) is 21.2. The number of unbranched alkanes of at least 4 members (excludes halogenated alkanes) is 9. The molecular formula is C88H88S4. The molecule has 0 radical (unpaired) electrons. The highest BCUT2D eigenvalue weighted by molar-refractivity contribution is 7.25. The molecule has 0 saturated heterocycles. The maximum Gasteiger partial charge on any atom is 0.0722 e. The Balaban J connectivity index is 0.974. The van der Waals surface area contributed by atoms with Crippen molar-refractivity contribution in [2.75, 3.05) is 0 Å². The van der Waals surface area contributed by atoms with Gasteiger partial charge in [0.05, 0.1) is 10.8 Å². The fraction of sp³-hybridized carbons (Fsp3) is 0.318. The number of benzene rings is 7. The van der Waals surface area contributed by atoms with Crippen molar-refractivity contribution in [3.63, 3.8) is 0 Å². The first kappa shape index (κ1) is 61.3. The third kappa shape index (κ3) is 10.1. The van der Waals surface area contributed by atoms with E-state index in [0.717, 1.165) is 19.3 Å². The van der Waals surface area contributed by atoms with Crippen molar-refractivity contribution in [3.05, 3.63) is 280 Å². The monoisotopic (exact) mass is 1270 g/mol. The highest BCUT2D eigenvalue weighted by Crippen LogP contribution is 2.67. The smallest absolute Gasteiger partial charge is 0.0722 e. The van der Waals surface area contributed by atoms with Crippen molar-refractivity contribution >= 4 is 56.5 Å². The van der Waals surface area contributed by atoms with E-state index in [9.17, 15) is 0 Å². The van der Waals surface area contributed by atoms with Gasteiger partial charge in [-0.15, -0.1) is 45.3 Å². The number of rotatable bonds is 20. The van der Waals surface area contributed by atoms with Crippen LogP contribution in [-0.2, 0) is 40.9 Å². The van der Waals surface area contributed by atoms with E-state index in [4.69, 9.17) is 0 Å². The van der Waals surface area contributed by atoms with Crippen molar-refractivity contribution in [2.24, 2.45) is 0 Å². The fourth-order valence-electron chi connectivity index (χ4n) is 16.1. The van der Waals surface area contributed by atoms with Gasteiger partial charge in [0, 0.05) is 61.3 Å². The summed E-state index contributed by atoms with van der Waals surface area (Å²) in [4.78, 5) is 11.2. The van der Waals surface area contributed by atoms with Gasteiger partial charge in [-0.25, -0.2) is 0 Å². The second-order valence-corrected chi connectivity index (χ2v) is 33.3. The maximum absolute atomic E-state index is 2.74. The Bertz CT molecular complexity index is 4510. The molecule has 1 atom stereocenters. The van der Waals surface area contributed by atoms with Crippen molar-refractivity contribution in [1.29, 1.82) is 0 Å². The number of fused-ring (bicyclic) bond motifs is 12. The van der Waals surface area contributed by atoms with E-state index in [1.807, 2.05) is 45.3 Å². The molecule has 4 aromatic heterocycles. The standard InChI is InChI=1S/C88H88S4/c1-10-13-16-20-29-56-38-44-60(45-39-56)87(59-32-23-19-24-33-59)71-51-70-72(88(74-55-78(86(7,8)9)91-82(70)74,61-46-40-57(41-47-61)30-21-17-14-11-2)62-48-42-58(43-49-62)31-22-18-15-12-3)50-69(71)81-73(87)54-76(89-81)75-52-67-63-34-25-27-36-65(63)79(83(67)90-75)80-66-37-28-26-35-64(66)68-53-77(85(4,5)6)92-84(68)80/h19,23-28,32-55H,10-18,20-22,29-31H2,1-9H3/b80-79+. The van der Waals surface area contributed by atoms with E-state index in [0.29, 0.717) is 0 Å². The van der Waals surface area contributed by atoms with Crippen LogP contribution in [0, 0.1) is 0 Å². The first-order valence-corrected chi connectivity index (χ1v) is 38.1. The Kier molecular flexibility index (Phi) is 16.3. The maximum atomic E-state index is 2.74. The van der Waals surface area contributed by atoms with Crippen LogP contribution in [0.15, 0.2) is 188 Å². The molecule has 0 fully saturated rings. The Hall–Kier alpha value is -6.92. The van der Waals surface area contributed by atoms with Crippen LogP contribution in [0.2, 0.25) is 0 Å². The van der Waals surface area contributed by atoms with Gasteiger partial charge in [0.25, 0.3) is 0 Å². The third-order valence-electron chi connectivity index (χ3n) is 20.9. The predicted molar refractivity (Wildman–Crippen MR) is 401 cm³/mol. The summed E-state index contributed by atoms with van der Waals surface area (Å²) < 4.78 is 0. The van der Waals surface area contributed by atoms with Crippen LogP contribution in [-0.4, -0.2) is 0 Å². The highest BCUT2D eigenvalue weighted by atomic mass is 32.1. The summed E-state index contributed by atoms with van der Waals surface area (Å²) in [5.74, 6) is 0. The van der Waals surface area contributed by atoms with Crippen molar-refractivity contribution in [2.45, 2.75) is 180 Å². The number of aryl methyl sites for hydroxylation is 3. The van der Waals surface area contributed by atoms with Crippen molar-refractivity contribution in [3.8, 4) is 52.9 Å². The van der Waals surface area contributed by atoms with Crippen LogP contribution < -0.4 is 0 Å². The second-order valence-electron chi connectivity index (χ2n) is 29.1. The lowest BCUT2D eigenvalue weighted by molar-refractivity contribution is 0.602. The highest BCUT2D eigenvalue weighted by Gasteiger charge is 2.53. The minimum absolute atomic E-state index is 0.0272. The van der Waals surface area contributed by atoms with Crippen LogP contribution in [0.25, 0.3) is 64.0 Å². The van der Waals surface area contributed by atoms with Crippen LogP contribution in [0.5, 0.6) is 0 Å². The van der Waals surface area contributed by atoms with Crippen molar-refractivity contribution in [1.82, 2.24) is 0 Å². The van der Waals surface area contributed by atoms with Crippen LogP contribution >= 0.6 is 45.3 Å². The summed E-state index contributed by atoms with van der Waals surface area (Å²) in [6, 6.07) is 76.1. The van der Waals surface area contributed by atoms with Gasteiger partial charge in [-0.1, -0.05) is 272 Å². The molecule has 92 heavy (non-hydrogen) atoms. The molecule has 0 nitrogen and oxygen atoms in total. The minimum atomic E-state index is -0.585. The Morgan fingerprint density at radius 2 is 0.641 bits per heavy atom. The van der Waals surface area contributed by atoms with Gasteiger partial charge in [-0.3, -0.25) is 0 Å². The Labute approximate surface area is 565 Å². The van der Waals surface area contributed by atoms with E-state index in [1.54, 1.807) is 0 Å². The third-order valence-corrected chi connectivity index (χ3v) is 26.6. The molecule has 4 aliphatic rings. The molecule has 0 N–H and O–H groups in total. The summed E-state index contributed by atoms with van der Waals surface area (Å²) in [5, 5.41) is 0. The molecule has 0 aliphatic heterocycles. The summed E-state index contributed by atoms with van der Waals surface area (Å²) in [6.45, 7) is 21.3. The molecule has 1 unspecified atom stereocenters. The van der Waals surface area contributed by atoms with E-state index < -0.39 is 10.8 Å². The van der Waals surface area contributed by atoms with Gasteiger partial charge in [-0.05, 0) is 180 Å². The van der Waals surface area contributed by atoms with E-state index in [2.05, 4.69) is 250 Å². The Morgan fingerprint density at radius 1 is 0.283 bits per heavy atom. The first-order valence-electron chi connectivity index (χ1n) is 34.8. The van der Waals surface area contributed by atoms with Gasteiger partial charge < -0.3 is 0 Å². The molecular weight excluding hydrogens is 1190 g/mol. The zero-order valence-corrected chi connectivity index (χ0v) is 58.9. The van der Waals surface area contributed by atoms with Gasteiger partial charge in [0.1, 0.15) is 0 Å². The lowest BCUT2D eigenvalue weighted by atomic mass is 9.65. The van der Waals surface area contributed by atoms with E-state index in [-0.39, 0.29) is 10.8 Å². The molecule has 4 aliphatic carbocycles. The lowest BCUT2D eigenvalue weighted by Crippen LogP contribution is -2.30. The minimum Gasteiger partial charge on any atom is -0.139 e. The molecule has 0 amide bonds.